The van der Waals surface area contributed by atoms with E-state index >= 15 is 0 Å². The average Bonchev–Trinajstić information content (AvgIpc) is 2.69. The smallest absolute Gasteiger partial charge is 0.117 e. The van der Waals surface area contributed by atoms with Gasteiger partial charge in [0, 0.05) is 12.1 Å². The molecule has 0 aliphatic carbocycles. The van der Waals surface area contributed by atoms with E-state index in [4.69, 9.17) is 4.42 Å². The van der Waals surface area contributed by atoms with E-state index in [9.17, 15) is 0 Å². The SMILES string of the molecule is CCNC(C)(C)CN(CC)Cc1ccco1. The van der Waals surface area contributed by atoms with Crippen molar-refractivity contribution in [3.05, 3.63) is 24.2 Å². The fourth-order valence-electron chi connectivity index (χ4n) is 2.00. The zero-order valence-electron chi connectivity index (χ0n) is 10.9. The van der Waals surface area contributed by atoms with Gasteiger partial charge in [0.05, 0.1) is 12.8 Å². The van der Waals surface area contributed by atoms with E-state index in [1.807, 2.05) is 12.1 Å². The van der Waals surface area contributed by atoms with E-state index in [0.717, 1.165) is 31.9 Å². The molecule has 0 fully saturated rings. The maximum absolute atomic E-state index is 5.38. The zero-order chi connectivity index (χ0) is 12.0. The van der Waals surface area contributed by atoms with E-state index in [1.165, 1.54) is 0 Å². The Morgan fingerprint density at radius 3 is 2.62 bits per heavy atom. The van der Waals surface area contributed by atoms with Gasteiger partial charge in [-0.1, -0.05) is 13.8 Å². The van der Waals surface area contributed by atoms with Crippen molar-refractivity contribution in [2.75, 3.05) is 19.6 Å². The average molecular weight is 224 g/mol. The van der Waals surface area contributed by atoms with E-state index in [-0.39, 0.29) is 5.54 Å². The predicted molar refractivity (Wildman–Crippen MR) is 67.4 cm³/mol. The number of hydrogen-bond acceptors (Lipinski definition) is 3. The molecule has 0 spiro atoms. The summed E-state index contributed by atoms with van der Waals surface area (Å²) in [4.78, 5) is 2.39. The van der Waals surface area contributed by atoms with Gasteiger partial charge in [0.25, 0.3) is 0 Å². The van der Waals surface area contributed by atoms with Crippen LogP contribution < -0.4 is 5.32 Å². The monoisotopic (exact) mass is 224 g/mol. The fourth-order valence-corrected chi connectivity index (χ4v) is 2.00. The molecule has 0 bridgehead atoms. The largest absolute Gasteiger partial charge is 0.468 e. The molecule has 0 aliphatic heterocycles. The minimum absolute atomic E-state index is 0.150. The Morgan fingerprint density at radius 1 is 1.38 bits per heavy atom. The Labute approximate surface area is 98.8 Å². The highest BCUT2D eigenvalue weighted by Gasteiger charge is 2.20. The van der Waals surface area contributed by atoms with Gasteiger partial charge < -0.3 is 9.73 Å². The maximum Gasteiger partial charge on any atom is 0.117 e. The number of rotatable bonds is 7. The van der Waals surface area contributed by atoms with E-state index in [2.05, 4.69) is 37.9 Å². The van der Waals surface area contributed by atoms with Crippen molar-refractivity contribution in [3.8, 4) is 0 Å². The van der Waals surface area contributed by atoms with Gasteiger partial charge in [-0.15, -0.1) is 0 Å². The lowest BCUT2D eigenvalue weighted by Crippen LogP contribution is -2.48. The molecule has 0 amide bonds. The van der Waals surface area contributed by atoms with E-state index < -0.39 is 0 Å². The molecule has 1 aromatic rings. The molecular weight excluding hydrogens is 200 g/mol. The number of nitrogens with zero attached hydrogens (tertiary/aromatic N) is 1. The first-order chi connectivity index (χ1) is 7.57. The van der Waals surface area contributed by atoms with Crippen LogP contribution in [0.3, 0.4) is 0 Å². The normalized spacial score (nSPS) is 12.3. The molecule has 92 valence electrons. The Bertz CT molecular complexity index is 280. The highest BCUT2D eigenvalue weighted by Crippen LogP contribution is 2.10. The Balaban J connectivity index is 2.48. The van der Waals surface area contributed by atoms with Crippen LogP contribution in [-0.2, 0) is 6.54 Å². The number of likely N-dealkylation sites (N-methyl/N-ethyl adjacent to an activating group) is 2. The van der Waals surface area contributed by atoms with Crippen molar-refractivity contribution in [1.82, 2.24) is 10.2 Å². The molecule has 0 saturated carbocycles. The van der Waals surface area contributed by atoms with Crippen LogP contribution in [0.4, 0.5) is 0 Å². The van der Waals surface area contributed by atoms with Crippen molar-refractivity contribution in [1.29, 1.82) is 0 Å². The quantitative estimate of drug-likeness (QED) is 0.771. The van der Waals surface area contributed by atoms with Crippen LogP contribution in [0.5, 0.6) is 0 Å². The van der Waals surface area contributed by atoms with Crippen LogP contribution in [0, 0.1) is 0 Å². The molecule has 0 radical (unpaired) electrons. The van der Waals surface area contributed by atoms with Gasteiger partial charge in [-0.25, -0.2) is 0 Å². The summed E-state index contributed by atoms with van der Waals surface area (Å²) in [6.07, 6.45) is 1.73. The molecule has 1 rings (SSSR count). The molecule has 0 aliphatic rings. The molecule has 0 aromatic carbocycles. The molecule has 0 unspecified atom stereocenters. The van der Waals surface area contributed by atoms with Crippen molar-refractivity contribution in [2.24, 2.45) is 0 Å². The molecule has 3 nitrogen and oxygen atoms in total. The standard InChI is InChI=1S/C13H24N2O/c1-5-14-13(3,4)11-15(6-2)10-12-8-7-9-16-12/h7-9,14H,5-6,10-11H2,1-4H3. The van der Waals surface area contributed by atoms with Crippen LogP contribution in [0.15, 0.2) is 22.8 Å². The second-order valence-corrected chi connectivity index (χ2v) is 4.80. The Hall–Kier alpha value is -0.800. The fraction of sp³-hybridized carbons (Fsp3) is 0.692. The summed E-state index contributed by atoms with van der Waals surface area (Å²) in [5.74, 6) is 1.04. The van der Waals surface area contributed by atoms with Crippen molar-refractivity contribution < 1.29 is 4.42 Å². The first-order valence-electron chi connectivity index (χ1n) is 6.07. The van der Waals surface area contributed by atoms with E-state index in [1.54, 1.807) is 6.26 Å². The minimum atomic E-state index is 0.150. The lowest BCUT2D eigenvalue weighted by atomic mass is 10.0. The van der Waals surface area contributed by atoms with Gasteiger partial charge in [0.1, 0.15) is 5.76 Å². The van der Waals surface area contributed by atoms with Gasteiger partial charge in [-0.05, 0) is 39.1 Å². The summed E-state index contributed by atoms with van der Waals surface area (Å²) in [6.45, 7) is 12.8. The summed E-state index contributed by atoms with van der Waals surface area (Å²) >= 11 is 0. The lowest BCUT2D eigenvalue weighted by molar-refractivity contribution is 0.191. The number of hydrogen-bond donors (Lipinski definition) is 1. The summed E-state index contributed by atoms with van der Waals surface area (Å²) in [7, 11) is 0. The molecule has 3 heteroatoms. The molecule has 1 heterocycles. The molecule has 0 saturated heterocycles. The highest BCUT2D eigenvalue weighted by molar-refractivity contribution is 4.98. The first kappa shape index (κ1) is 13.3. The third-order valence-electron chi connectivity index (χ3n) is 2.68. The summed E-state index contributed by atoms with van der Waals surface area (Å²) in [5.41, 5.74) is 0.150. The van der Waals surface area contributed by atoms with Crippen LogP contribution in [0.25, 0.3) is 0 Å². The molecule has 16 heavy (non-hydrogen) atoms. The highest BCUT2D eigenvalue weighted by atomic mass is 16.3. The van der Waals surface area contributed by atoms with Gasteiger partial charge in [-0.2, -0.15) is 0 Å². The van der Waals surface area contributed by atoms with Crippen LogP contribution in [0.2, 0.25) is 0 Å². The second kappa shape index (κ2) is 6.06. The Morgan fingerprint density at radius 2 is 2.12 bits per heavy atom. The van der Waals surface area contributed by atoms with Crippen molar-refractivity contribution in [2.45, 2.75) is 39.8 Å². The molecular formula is C13H24N2O. The Kier molecular flexibility index (Phi) is 5.03. The van der Waals surface area contributed by atoms with Crippen molar-refractivity contribution >= 4 is 0 Å². The summed E-state index contributed by atoms with van der Waals surface area (Å²) in [5, 5.41) is 3.49. The second-order valence-electron chi connectivity index (χ2n) is 4.80. The van der Waals surface area contributed by atoms with Gasteiger partial charge in [0.15, 0.2) is 0 Å². The lowest BCUT2D eigenvalue weighted by Gasteiger charge is -2.32. The maximum atomic E-state index is 5.38. The minimum Gasteiger partial charge on any atom is -0.468 e. The van der Waals surface area contributed by atoms with Gasteiger partial charge in [0.2, 0.25) is 0 Å². The van der Waals surface area contributed by atoms with Crippen LogP contribution >= 0.6 is 0 Å². The summed E-state index contributed by atoms with van der Waals surface area (Å²) in [6, 6.07) is 3.97. The number of furan rings is 1. The molecule has 1 N–H and O–H groups in total. The zero-order valence-corrected chi connectivity index (χ0v) is 10.9. The van der Waals surface area contributed by atoms with Gasteiger partial charge >= 0.3 is 0 Å². The third-order valence-corrected chi connectivity index (χ3v) is 2.68. The summed E-state index contributed by atoms with van der Waals surface area (Å²) < 4.78 is 5.38. The molecule has 1 aromatic heterocycles. The van der Waals surface area contributed by atoms with Crippen molar-refractivity contribution in [3.63, 3.8) is 0 Å². The third kappa shape index (κ3) is 4.37. The van der Waals surface area contributed by atoms with E-state index in [0.29, 0.717) is 0 Å². The number of nitrogens with one attached hydrogen (secondary N) is 1. The van der Waals surface area contributed by atoms with Crippen LogP contribution in [-0.4, -0.2) is 30.1 Å². The predicted octanol–water partition coefficient (Wildman–Crippen LogP) is 2.49. The first-order valence-corrected chi connectivity index (χ1v) is 6.07. The van der Waals surface area contributed by atoms with Crippen LogP contribution in [0.1, 0.15) is 33.5 Å². The topological polar surface area (TPSA) is 28.4 Å². The van der Waals surface area contributed by atoms with Gasteiger partial charge in [-0.3, -0.25) is 4.90 Å². The molecule has 0 atom stereocenters.